The second-order valence-corrected chi connectivity index (χ2v) is 4.66. The minimum Gasteiger partial charge on any atom is -0.312 e. The zero-order valence-corrected chi connectivity index (χ0v) is 10.2. The van der Waals surface area contributed by atoms with Crippen LogP contribution >= 0.6 is 0 Å². The minimum absolute atomic E-state index is 0.821. The Morgan fingerprint density at radius 2 is 2.38 bits per heavy atom. The Balaban J connectivity index is 1.75. The first-order valence-electron chi connectivity index (χ1n) is 6.10. The number of nitrogens with one attached hydrogen (secondary N) is 1. The average molecular weight is 219 g/mol. The minimum atomic E-state index is 0.821. The standard InChI is InChI=1S/C13H21N3/c1-11-13(10-15-16(11)2)9-14-8-12-6-4-3-5-7-12/h3-4,10,12,14H,5-9H2,1-2H3. The summed E-state index contributed by atoms with van der Waals surface area (Å²) in [5.41, 5.74) is 2.57. The van der Waals surface area contributed by atoms with Crippen LogP contribution in [0.5, 0.6) is 0 Å². The Kier molecular flexibility index (Phi) is 3.78. The highest BCUT2D eigenvalue weighted by Crippen LogP contribution is 2.17. The van der Waals surface area contributed by atoms with Crippen molar-refractivity contribution in [1.29, 1.82) is 0 Å². The third-order valence-electron chi connectivity index (χ3n) is 3.46. The van der Waals surface area contributed by atoms with E-state index in [0.29, 0.717) is 0 Å². The molecule has 0 saturated carbocycles. The van der Waals surface area contributed by atoms with E-state index in [9.17, 15) is 0 Å². The normalized spacial score (nSPS) is 20.2. The third-order valence-corrected chi connectivity index (χ3v) is 3.46. The van der Waals surface area contributed by atoms with E-state index in [1.807, 2.05) is 17.9 Å². The summed E-state index contributed by atoms with van der Waals surface area (Å²) < 4.78 is 1.93. The van der Waals surface area contributed by atoms with Gasteiger partial charge in [-0.05, 0) is 38.6 Å². The fourth-order valence-electron chi connectivity index (χ4n) is 2.17. The van der Waals surface area contributed by atoms with Gasteiger partial charge in [0.25, 0.3) is 0 Å². The number of rotatable bonds is 4. The van der Waals surface area contributed by atoms with Gasteiger partial charge in [-0.25, -0.2) is 0 Å². The Hall–Kier alpha value is -1.09. The molecule has 1 heterocycles. The van der Waals surface area contributed by atoms with Gasteiger partial charge in [0.1, 0.15) is 0 Å². The molecule has 1 N–H and O–H groups in total. The first-order valence-corrected chi connectivity index (χ1v) is 6.10. The Labute approximate surface area is 97.5 Å². The molecular formula is C13H21N3. The molecule has 0 aliphatic heterocycles. The quantitative estimate of drug-likeness (QED) is 0.787. The van der Waals surface area contributed by atoms with Crippen LogP contribution in [0.1, 0.15) is 30.5 Å². The molecule has 1 atom stereocenters. The van der Waals surface area contributed by atoms with Crippen molar-refractivity contribution < 1.29 is 0 Å². The van der Waals surface area contributed by atoms with Crippen LogP contribution in [0.2, 0.25) is 0 Å². The van der Waals surface area contributed by atoms with Crippen molar-refractivity contribution in [2.45, 2.75) is 32.7 Å². The summed E-state index contributed by atoms with van der Waals surface area (Å²) in [7, 11) is 1.99. The lowest BCUT2D eigenvalue weighted by Gasteiger charge is -2.18. The number of allylic oxidation sites excluding steroid dienone is 2. The van der Waals surface area contributed by atoms with Gasteiger partial charge >= 0.3 is 0 Å². The van der Waals surface area contributed by atoms with Crippen molar-refractivity contribution in [2.24, 2.45) is 13.0 Å². The summed E-state index contributed by atoms with van der Waals surface area (Å²) in [6, 6.07) is 0. The lowest BCUT2D eigenvalue weighted by Crippen LogP contribution is -2.23. The zero-order valence-electron chi connectivity index (χ0n) is 10.2. The Morgan fingerprint density at radius 1 is 1.50 bits per heavy atom. The summed E-state index contributed by atoms with van der Waals surface area (Å²) in [5.74, 6) is 0.821. The molecule has 0 aromatic carbocycles. The lowest BCUT2D eigenvalue weighted by molar-refractivity contribution is 0.440. The lowest BCUT2D eigenvalue weighted by atomic mass is 9.94. The topological polar surface area (TPSA) is 29.9 Å². The smallest absolute Gasteiger partial charge is 0.0537 e. The number of aromatic nitrogens is 2. The van der Waals surface area contributed by atoms with Crippen LogP contribution in [0.3, 0.4) is 0 Å². The molecule has 1 aromatic heterocycles. The van der Waals surface area contributed by atoms with Crippen molar-refractivity contribution in [1.82, 2.24) is 15.1 Å². The molecule has 2 rings (SSSR count). The zero-order chi connectivity index (χ0) is 11.4. The van der Waals surface area contributed by atoms with Crippen LogP contribution in [-0.4, -0.2) is 16.3 Å². The number of hydrogen-bond acceptors (Lipinski definition) is 2. The van der Waals surface area contributed by atoms with Crippen LogP contribution in [0.4, 0.5) is 0 Å². The van der Waals surface area contributed by atoms with Crippen molar-refractivity contribution in [3.8, 4) is 0 Å². The maximum Gasteiger partial charge on any atom is 0.0537 e. The molecule has 1 unspecified atom stereocenters. The predicted molar refractivity (Wildman–Crippen MR) is 66.1 cm³/mol. The first kappa shape index (κ1) is 11.4. The summed E-state index contributed by atoms with van der Waals surface area (Å²) in [6.07, 6.45) is 10.4. The van der Waals surface area contributed by atoms with Crippen molar-refractivity contribution in [2.75, 3.05) is 6.54 Å². The molecule has 0 amide bonds. The van der Waals surface area contributed by atoms with Gasteiger partial charge in [0.2, 0.25) is 0 Å². The second kappa shape index (κ2) is 5.30. The maximum atomic E-state index is 4.25. The highest BCUT2D eigenvalue weighted by atomic mass is 15.3. The maximum absolute atomic E-state index is 4.25. The SMILES string of the molecule is Cc1c(CNCC2CC=CCC2)cnn1C. The van der Waals surface area contributed by atoms with E-state index in [-0.39, 0.29) is 0 Å². The number of nitrogens with zero attached hydrogens (tertiary/aromatic N) is 2. The molecule has 0 spiro atoms. The number of aryl methyl sites for hydroxylation is 1. The predicted octanol–water partition coefficient (Wildman–Crippen LogP) is 2.17. The number of hydrogen-bond donors (Lipinski definition) is 1. The summed E-state index contributed by atoms with van der Waals surface area (Å²) >= 11 is 0. The summed E-state index contributed by atoms with van der Waals surface area (Å²) in [4.78, 5) is 0. The molecule has 3 heteroatoms. The molecule has 16 heavy (non-hydrogen) atoms. The first-order chi connectivity index (χ1) is 7.77. The summed E-state index contributed by atoms with van der Waals surface area (Å²) in [5, 5.41) is 7.79. The van der Waals surface area contributed by atoms with Crippen molar-refractivity contribution >= 4 is 0 Å². The van der Waals surface area contributed by atoms with Gasteiger partial charge in [-0.1, -0.05) is 12.2 Å². The van der Waals surface area contributed by atoms with Crippen molar-refractivity contribution in [3.63, 3.8) is 0 Å². The fourth-order valence-corrected chi connectivity index (χ4v) is 2.17. The van der Waals surface area contributed by atoms with Gasteiger partial charge in [-0.15, -0.1) is 0 Å². The van der Waals surface area contributed by atoms with E-state index >= 15 is 0 Å². The van der Waals surface area contributed by atoms with E-state index in [1.165, 1.54) is 30.5 Å². The van der Waals surface area contributed by atoms with E-state index in [2.05, 4.69) is 29.5 Å². The van der Waals surface area contributed by atoms with Gasteiger partial charge in [-0.3, -0.25) is 4.68 Å². The van der Waals surface area contributed by atoms with Gasteiger partial charge in [0, 0.05) is 24.8 Å². The Bertz CT molecular complexity index is 365. The Morgan fingerprint density at radius 3 is 3.00 bits per heavy atom. The molecule has 1 aliphatic carbocycles. The van der Waals surface area contributed by atoms with Crippen LogP contribution in [0.15, 0.2) is 18.3 Å². The largest absolute Gasteiger partial charge is 0.312 e. The van der Waals surface area contributed by atoms with Crippen LogP contribution in [0, 0.1) is 12.8 Å². The van der Waals surface area contributed by atoms with E-state index in [0.717, 1.165) is 19.0 Å². The van der Waals surface area contributed by atoms with Gasteiger partial charge < -0.3 is 5.32 Å². The van der Waals surface area contributed by atoms with E-state index in [4.69, 9.17) is 0 Å². The van der Waals surface area contributed by atoms with Crippen LogP contribution in [0.25, 0.3) is 0 Å². The molecule has 0 bridgehead atoms. The molecule has 1 aromatic rings. The fraction of sp³-hybridized carbons (Fsp3) is 0.615. The molecule has 88 valence electrons. The average Bonchev–Trinajstić information content (AvgIpc) is 2.62. The second-order valence-electron chi connectivity index (χ2n) is 4.66. The summed E-state index contributed by atoms with van der Waals surface area (Å²) in [6.45, 7) is 4.19. The third kappa shape index (κ3) is 2.73. The van der Waals surface area contributed by atoms with E-state index in [1.54, 1.807) is 0 Å². The van der Waals surface area contributed by atoms with Gasteiger partial charge in [0.15, 0.2) is 0 Å². The highest BCUT2D eigenvalue weighted by molar-refractivity contribution is 5.15. The van der Waals surface area contributed by atoms with Crippen LogP contribution in [-0.2, 0) is 13.6 Å². The molecule has 0 fully saturated rings. The van der Waals surface area contributed by atoms with Crippen LogP contribution < -0.4 is 5.32 Å². The van der Waals surface area contributed by atoms with E-state index < -0.39 is 0 Å². The molecular weight excluding hydrogens is 198 g/mol. The molecule has 0 radical (unpaired) electrons. The monoisotopic (exact) mass is 219 g/mol. The molecule has 1 aliphatic rings. The van der Waals surface area contributed by atoms with Gasteiger partial charge in [-0.2, -0.15) is 5.10 Å². The van der Waals surface area contributed by atoms with Crippen molar-refractivity contribution in [3.05, 3.63) is 29.6 Å². The molecule has 3 nitrogen and oxygen atoms in total. The molecule has 0 saturated heterocycles. The van der Waals surface area contributed by atoms with Gasteiger partial charge in [0.05, 0.1) is 6.20 Å². The highest BCUT2D eigenvalue weighted by Gasteiger charge is 2.09.